The van der Waals surface area contributed by atoms with Crippen LogP contribution in [0.2, 0.25) is 0 Å². The van der Waals surface area contributed by atoms with Gasteiger partial charge in [-0.3, -0.25) is 10.1 Å². The zero-order valence-electron chi connectivity index (χ0n) is 21.3. The lowest BCUT2D eigenvalue weighted by atomic mass is 9.92. The number of fused-ring (bicyclic) bond motifs is 2. The Morgan fingerprint density at radius 3 is 2.55 bits per heavy atom. The van der Waals surface area contributed by atoms with Crippen LogP contribution in [0.15, 0.2) is 73.1 Å². The Morgan fingerprint density at radius 1 is 0.974 bits per heavy atom. The molecule has 0 aliphatic carbocycles. The van der Waals surface area contributed by atoms with Crippen LogP contribution in [0.3, 0.4) is 0 Å². The molecule has 9 nitrogen and oxygen atoms in total. The SMILES string of the molecule is CC(C)(C)c1cc(NC(=O)Nc2ccc(-c3cccc4c3CNC4=O)cc2)n(-c2ccc3[nH]cnc3c2)n1. The summed E-state index contributed by atoms with van der Waals surface area (Å²) in [5, 5.41) is 13.5. The number of nitrogens with zero attached hydrogens (tertiary/aromatic N) is 3. The number of urea groups is 1. The number of amides is 3. The van der Waals surface area contributed by atoms with E-state index in [2.05, 4.69) is 46.7 Å². The smallest absolute Gasteiger partial charge is 0.324 e. The third kappa shape index (κ3) is 4.28. The van der Waals surface area contributed by atoms with Crippen LogP contribution in [-0.4, -0.2) is 31.7 Å². The average Bonchev–Trinajstić information content (AvgIpc) is 3.62. The second-order valence-electron chi connectivity index (χ2n) is 10.4. The first kappa shape index (κ1) is 23.5. The number of H-pyrrole nitrogens is 1. The number of nitrogens with one attached hydrogen (secondary N) is 4. The molecule has 5 aromatic rings. The number of aromatic amines is 1. The molecule has 6 rings (SSSR count). The van der Waals surface area contributed by atoms with Crippen LogP contribution in [0.1, 0.15) is 42.4 Å². The highest BCUT2D eigenvalue weighted by atomic mass is 16.2. The van der Waals surface area contributed by atoms with Gasteiger partial charge in [0.25, 0.3) is 5.91 Å². The van der Waals surface area contributed by atoms with Crippen molar-refractivity contribution in [2.24, 2.45) is 0 Å². The summed E-state index contributed by atoms with van der Waals surface area (Å²) in [5.41, 5.74) is 7.51. The second kappa shape index (κ2) is 8.88. The monoisotopic (exact) mass is 505 g/mol. The van der Waals surface area contributed by atoms with Gasteiger partial charge in [0, 0.05) is 29.3 Å². The van der Waals surface area contributed by atoms with Crippen molar-refractivity contribution >= 4 is 34.5 Å². The molecule has 38 heavy (non-hydrogen) atoms. The summed E-state index contributed by atoms with van der Waals surface area (Å²) in [6.45, 7) is 6.76. The molecular formula is C29H27N7O2. The summed E-state index contributed by atoms with van der Waals surface area (Å²) >= 11 is 0. The first-order valence-corrected chi connectivity index (χ1v) is 12.4. The molecule has 1 aliphatic rings. The Bertz CT molecular complexity index is 1690. The number of imidazole rings is 1. The molecule has 3 amide bonds. The highest BCUT2D eigenvalue weighted by Gasteiger charge is 2.23. The van der Waals surface area contributed by atoms with Crippen LogP contribution in [-0.2, 0) is 12.0 Å². The first-order chi connectivity index (χ1) is 18.3. The van der Waals surface area contributed by atoms with Crippen molar-refractivity contribution in [2.45, 2.75) is 32.7 Å². The molecule has 0 unspecified atom stereocenters. The lowest BCUT2D eigenvalue weighted by molar-refractivity contribution is 0.0965. The number of hydrogen-bond donors (Lipinski definition) is 4. The first-order valence-electron chi connectivity index (χ1n) is 12.4. The molecule has 0 spiro atoms. The van der Waals surface area contributed by atoms with Gasteiger partial charge in [-0.2, -0.15) is 5.10 Å². The van der Waals surface area contributed by atoms with E-state index in [9.17, 15) is 9.59 Å². The summed E-state index contributed by atoms with van der Waals surface area (Å²) in [5.74, 6) is 0.505. The van der Waals surface area contributed by atoms with Gasteiger partial charge in [0.05, 0.1) is 28.7 Å². The minimum atomic E-state index is -0.379. The quantitative estimate of drug-likeness (QED) is 0.254. The molecular weight excluding hydrogens is 478 g/mol. The predicted octanol–water partition coefficient (Wildman–Crippen LogP) is 5.60. The molecule has 9 heteroatoms. The number of benzene rings is 3. The third-order valence-corrected chi connectivity index (χ3v) is 6.67. The molecule has 0 bridgehead atoms. The van der Waals surface area contributed by atoms with Crippen LogP contribution >= 0.6 is 0 Å². The second-order valence-corrected chi connectivity index (χ2v) is 10.4. The van der Waals surface area contributed by atoms with Crippen molar-refractivity contribution in [1.82, 2.24) is 25.1 Å². The van der Waals surface area contributed by atoms with Crippen molar-refractivity contribution in [1.29, 1.82) is 0 Å². The topological polar surface area (TPSA) is 117 Å². The van der Waals surface area contributed by atoms with E-state index in [1.807, 2.05) is 66.7 Å². The normalized spacial score (nSPS) is 12.9. The van der Waals surface area contributed by atoms with Gasteiger partial charge in [-0.1, -0.05) is 45.0 Å². The van der Waals surface area contributed by atoms with Crippen molar-refractivity contribution in [3.63, 3.8) is 0 Å². The maximum absolute atomic E-state index is 13.0. The van der Waals surface area contributed by atoms with Crippen LogP contribution in [0.4, 0.5) is 16.3 Å². The summed E-state index contributed by atoms with van der Waals surface area (Å²) in [7, 11) is 0. The number of carbonyl (C=O) groups excluding carboxylic acids is 2. The Hall–Kier alpha value is -4.92. The largest absolute Gasteiger partial charge is 0.348 e. The van der Waals surface area contributed by atoms with Gasteiger partial charge in [0.15, 0.2) is 0 Å². The zero-order valence-corrected chi connectivity index (χ0v) is 21.3. The van der Waals surface area contributed by atoms with Crippen LogP contribution < -0.4 is 16.0 Å². The number of carbonyl (C=O) groups is 2. The summed E-state index contributed by atoms with van der Waals surface area (Å²) < 4.78 is 1.72. The van der Waals surface area contributed by atoms with Gasteiger partial charge >= 0.3 is 6.03 Å². The van der Waals surface area contributed by atoms with E-state index in [1.165, 1.54) is 0 Å². The molecule has 0 radical (unpaired) electrons. The van der Waals surface area contributed by atoms with Gasteiger partial charge in [0.2, 0.25) is 0 Å². The molecule has 0 atom stereocenters. The van der Waals surface area contributed by atoms with Gasteiger partial charge in [-0.15, -0.1) is 0 Å². The van der Waals surface area contributed by atoms with Gasteiger partial charge < -0.3 is 15.6 Å². The van der Waals surface area contributed by atoms with E-state index in [0.717, 1.165) is 39.1 Å². The minimum Gasteiger partial charge on any atom is -0.348 e. The Kier molecular flexibility index (Phi) is 5.48. The van der Waals surface area contributed by atoms with E-state index in [0.29, 0.717) is 23.6 Å². The highest BCUT2D eigenvalue weighted by molar-refractivity contribution is 6.01. The van der Waals surface area contributed by atoms with Gasteiger partial charge in [0.1, 0.15) is 5.82 Å². The molecule has 0 fully saturated rings. The fraction of sp³-hybridized carbons (Fsp3) is 0.172. The fourth-order valence-electron chi connectivity index (χ4n) is 4.62. The van der Waals surface area contributed by atoms with E-state index in [-0.39, 0.29) is 17.4 Å². The minimum absolute atomic E-state index is 0.0463. The molecule has 4 N–H and O–H groups in total. The lowest BCUT2D eigenvalue weighted by Crippen LogP contribution is -2.21. The average molecular weight is 506 g/mol. The van der Waals surface area contributed by atoms with Crippen LogP contribution in [0.25, 0.3) is 27.8 Å². The van der Waals surface area contributed by atoms with E-state index < -0.39 is 0 Å². The van der Waals surface area contributed by atoms with Gasteiger partial charge in [-0.25, -0.2) is 14.5 Å². The van der Waals surface area contributed by atoms with Crippen molar-refractivity contribution < 1.29 is 9.59 Å². The van der Waals surface area contributed by atoms with Gasteiger partial charge in [-0.05, 0) is 53.1 Å². The van der Waals surface area contributed by atoms with E-state index in [4.69, 9.17) is 5.10 Å². The van der Waals surface area contributed by atoms with E-state index >= 15 is 0 Å². The predicted molar refractivity (Wildman–Crippen MR) is 148 cm³/mol. The molecule has 1 aliphatic heterocycles. The molecule has 2 aromatic heterocycles. The lowest BCUT2D eigenvalue weighted by Gasteiger charge is -2.14. The summed E-state index contributed by atoms with van der Waals surface area (Å²) in [6, 6.07) is 20.6. The third-order valence-electron chi connectivity index (χ3n) is 6.67. The van der Waals surface area contributed by atoms with Crippen molar-refractivity contribution in [3.8, 4) is 16.8 Å². The molecule has 190 valence electrons. The molecule has 3 aromatic carbocycles. The highest BCUT2D eigenvalue weighted by Crippen LogP contribution is 2.30. The Balaban J connectivity index is 1.23. The fourth-order valence-corrected chi connectivity index (χ4v) is 4.62. The van der Waals surface area contributed by atoms with Crippen molar-refractivity contribution in [2.75, 3.05) is 10.6 Å². The molecule has 3 heterocycles. The summed E-state index contributed by atoms with van der Waals surface area (Å²) in [6.07, 6.45) is 1.65. The maximum atomic E-state index is 13.0. The summed E-state index contributed by atoms with van der Waals surface area (Å²) in [4.78, 5) is 32.5. The number of rotatable bonds is 4. The van der Waals surface area contributed by atoms with E-state index in [1.54, 1.807) is 11.0 Å². The molecule has 0 saturated carbocycles. The maximum Gasteiger partial charge on any atom is 0.324 e. The number of hydrogen-bond acceptors (Lipinski definition) is 4. The number of anilines is 2. The molecule has 0 saturated heterocycles. The van der Waals surface area contributed by atoms with Crippen LogP contribution in [0, 0.1) is 0 Å². The van der Waals surface area contributed by atoms with Crippen molar-refractivity contribution in [3.05, 3.63) is 89.9 Å². The Labute approximate surface area is 219 Å². The zero-order chi connectivity index (χ0) is 26.4. The Morgan fingerprint density at radius 2 is 1.76 bits per heavy atom. The number of aromatic nitrogens is 4. The van der Waals surface area contributed by atoms with Crippen LogP contribution in [0.5, 0.6) is 0 Å². The standard InChI is InChI=1S/C29H27N7O2/c1-29(2,3)25-14-26(36(35-25)19-11-12-23-24(13-19)32-16-31-23)34-28(38)33-18-9-7-17(8-10-18)20-5-4-6-21-22(20)15-30-27(21)37/h4-14,16H,15H2,1-3H3,(H,30,37)(H,31,32)(H2,33,34,38).